The van der Waals surface area contributed by atoms with E-state index in [1.165, 1.54) is 11.3 Å². The average Bonchev–Trinajstić information content (AvgIpc) is 3.44. The molecule has 3 aromatic carbocycles. The van der Waals surface area contributed by atoms with Gasteiger partial charge in [0.25, 0.3) is 11.8 Å². The van der Waals surface area contributed by atoms with Crippen molar-refractivity contribution < 1.29 is 19.4 Å². The summed E-state index contributed by atoms with van der Waals surface area (Å²) < 4.78 is 5.45. The molecule has 0 saturated heterocycles. The van der Waals surface area contributed by atoms with E-state index in [-0.39, 0.29) is 18.4 Å². The van der Waals surface area contributed by atoms with E-state index in [0.29, 0.717) is 30.6 Å². The van der Waals surface area contributed by atoms with Gasteiger partial charge in [-0.15, -0.1) is 11.3 Å². The standard InChI is InChI=1S/C34H41N5O4S/c1-23-22-44-32(36-23)21-39(4)34(42)27-13-9-12-26(17-27)33(41)37-30(16-24-10-7-6-8-11-24)31(40)20-35-19-25-14-28(38(2)3)18-29(15-25)43-5/h6-15,17-18,22,30-31,35,40H,16,19-21H2,1-5H3,(H,37,41)/t30-,31+/m0/s1. The lowest BCUT2D eigenvalue weighted by Gasteiger charge is -2.25. The number of thiazole rings is 1. The van der Waals surface area contributed by atoms with Crippen LogP contribution in [0.4, 0.5) is 5.69 Å². The Labute approximate surface area is 263 Å². The summed E-state index contributed by atoms with van der Waals surface area (Å²) in [5.41, 5.74) is 4.70. The number of aryl methyl sites for hydroxylation is 1. The number of hydrogen-bond donors (Lipinski definition) is 3. The summed E-state index contributed by atoms with van der Waals surface area (Å²) in [6.07, 6.45) is -0.440. The van der Waals surface area contributed by atoms with Crippen LogP contribution in [0.1, 0.15) is 42.5 Å². The van der Waals surface area contributed by atoms with Gasteiger partial charge in [-0.3, -0.25) is 9.59 Å². The molecule has 0 fully saturated rings. The summed E-state index contributed by atoms with van der Waals surface area (Å²) >= 11 is 1.51. The number of benzene rings is 3. The largest absolute Gasteiger partial charge is 0.497 e. The summed E-state index contributed by atoms with van der Waals surface area (Å²) in [6, 6.07) is 21.8. The first-order valence-corrected chi connectivity index (χ1v) is 15.4. The van der Waals surface area contributed by atoms with Gasteiger partial charge in [-0.1, -0.05) is 36.4 Å². The maximum Gasteiger partial charge on any atom is 0.253 e. The van der Waals surface area contributed by atoms with Crippen molar-refractivity contribution in [2.45, 2.75) is 38.6 Å². The molecule has 4 aromatic rings. The normalized spacial score (nSPS) is 12.3. The fourth-order valence-corrected chi connectivity index (χ4v) is 5.62. The van der Waals surface area contributed by atoms with Crippen LogP contribution < -0.4 is 20.3 Å². The number of hydrogen-bond acceptors (Lipinski definition) is 8. The lowest BCUT2D eigenvalue weighted by molar-refractivity contribution is 0.0784. The predicted molar refractivity (Wildman–Crippen MR) is 176 cm³/mol. The molecule has 4 rings (SSSR count). The van der Waals surface area contributed by atoms with Crippen molar-refractivity contribution in [2.24, 2.45) is 0 Å². The molecule has 44 heavy (non-hydrogen) atoms. The Morgan fingerprint density at radius 1 is 0.977 bits per heavy atom. The molecule has 2 amide bonds. The van der Waals surface area contributed by atoms with Crippen molar-refractivity contribution in [2.75, 3.05) is 39.7 Å². The molecular formula is C34H41N5O4S. The van der Waals surface area contributed by atoms with E-state index in [1.807, 2.05) is 73.8 Å². The van der Waals surface area contributed by atoms with Crippen LogP contribution in [0.15, 0.2) is 78.2 Å². The van der Waals surface area contributed by atoms with Gasteiger partial charge in [0, 0.05) is 68.2 Å². The average molecular weight is 616 g/mol. The number of methoxy groups -OCH3 is 1. The van der Waals surface area contributed by atoms with Gasteiger partial charge in [0.2, 0.25) is 0 Å². The van der Waals surface area contributed by atoms with Gasteiger partial charge < -0.3 is 30.3 Å². The van der Waals surface area contributed by atoms with Crippen LogP contribution in [0, 0.1) is 6.92 Å². The minimum Gasteiger partial charge on any atom is -0.497 e. The number of nitrogens with one attached hydrogen (secondary N) is 2. The SMILES string of the molecule is COc1cc(CNC[C@@H](O)[C@H](Cc2ccccc2)NC(=O)c2cccc(C(=O)N(C)Cc3nc(C)cs3)c2)cc(N(C)C)c1. The predicted octanol–water partition coefficient (Wildman–Crippen LogP) is 4.29. The van der Waals surface area contributed by atoms with Gasteiger partial charge in [-0.25, -0.2) is 4.98 Å². The number of anilines is 1. The Bertz CT molecular complexity index is 1540. The molecule has 0 spiro atoms. The molecule has 1 heterocycles. The van der Waals surface area contributed by atoms with Crippen molar-refractivity contribution in [1.82, 2.24) is 20.5 Å². The van der Waals surface area contributed by atoms with Gasteiger partial charge in [0.05, 0.1) is 25.8 Å². The van der Waals surface area contributed by atoms with Crippen LogP contribution in [0.2, 0.25) is 0 Å². The summed E-state index contributed by atoms with van der Waals surface area (Å²) in [5, 5.41) is 20.4. The first-order chi connectivity index (χ1) is 21.1. The van der Waals surface area contributed by atoms with Gasteiger partial charge in [0.1, 0.15) is 10.8 Å². The van der Waals surface area contributed by atoms with Crippen molar-refractivity contribution >= 4 is 28.8 Å². The lowest BCUT2D eigenvalue weighted by Crippen LogP contribution is -2.48. The van der Waals surface area contributed by atoms with Gasteiger partial charge >= 0.3 is 0 Å². The molecule has 0 bridgehead atoms. The Kier molecular flexibility index (Phi) is 11.5. The van der Waals surface area contributed by atoms with Crippen LogP contribution in [-0.4, -0.2) is 73.7 Å². The van der Waals surface area contributed by atoms with Crippen LogP contribution in [0.25, 0.3) is 0 Å². The highest BCUT2D eigenvalue weighted by atomic mass is 32.1. The van der Waals surface area contributed by atoms with Crippen molar-refractivity contribution in [3.8, 4) is 5.75 Å². The highest BCUT2D eigenvalue weighted by Crippen LogP contribution is 2.23. The number of nitrogens with zero attached hydrogens (tertiary/aromatic N) is 3. The molecule has 3 N–H and O–H groups in total. The zero-order valence-corrected chi connectivity index (χ0v) is 26.7. The van der Waals surface area contributed by atoms with E-state index in [0.717, 1.165) is 33.3 Å². The first-order valence-electron chi connectivity index (χ1n) is 14.5. The molecule has 0 aliphatic carbocycles. The second kappa shape index (κ2) is 15.5. The van der Waals surface area contributed by atoms with Gasteiger partial charge in [-0.2, -0.15) is 0 Å². The van der Waals surface area contributed by atoms with E-state index in [1.54, 1.807) is 43.3 Å². The molecule has 0 saturated carbocycles. The molecule has 0 aliphatic heterocycles. The minimum absolute atomic E-state index is 0.201. The van der Waals surface area contributed by atoms with Crippen molar-refractivity contribution in [1.29, 1.82) is 0 Å². The number of carbonyl (C=O) groups excluding carboxylic acids is 2. The van der Waals surface area contributed by atoms with E-state index < -0.39 is 12.1 Å². The first kappa shape index (κ1) is 32.7. The Balaban J connectivity index is 1.44. The second-order valence-electron chi connectivity index (χ2n) is 11.0. The van der Waals surface area contributed by atoms with E-state index in [4.69, 9.17) is 4.74 Å². The molecule has 10 heteroatoms. The van der Waals surface area contributed by atoms with Gasteiger partial charge in [-0.05, 0) is 54.8 Å². The van der Waals surface area contributed by atoms with E-state index in [2.05, 4.69) is 21.7 Å². The maximum atomic E-state index is 13.5. The highest BCUT2D eigenvalue weighted by Gasteiger charge is 2.23. The molecular weight excluding hydrogens is 574 g/mol. The topological polar surface area (TPSA) is 107 Å². The number of aliphatic hydroxyl groups excluding tert-OH is 1. The zero-order chi connectivity index (χ0) is 31.6. The maximum absolute atomic E-state index is 13.5. The third kappa shape index (κ3) is 9.12. The fraction of sp³-hybridized carbons (Fsp3) is 0.324. The number of ether oxygens (including phenoxy) is 1. The number of aromatic nitrogens is 1. The molecule has 0 aliphatic rings. The van der Waals surface area contributed by atoms with Crippen LogP contribution in [-0.2, 0) is 19.5 Å². The lowest BCUT2D eigenvalue weighted by atomic mass is 10.00. The quantitative estimate of drug-likeness (QED) is 0.194. The molecule has 9 nitrogen and oxygen atoms in total. The van der Waals surface area contributed by atoms with Gasteiger partial charge in [0.15, 0.2) is 0 Å². The van der Waals surface area contributed by atoms with Crippen LogP contribution in [0.3, 0.4) is 0 Å². The smallest absolute Gasteiger partial charge is 0.253 e. The number of amides is 2. The number of rotatable bonds is 14. The fourth-order valence-electron chi connectivity index (χ4n) is 4.80. The molecule has 1 aromatic heterocycles. The zero-order valence-electron chi connectivity index (χ0n) is 25.9. The summed E-state index contributed by atoms with van der Waals surface area (Å²) in [5.74, 6) is 0.196. The molecule has 2 atom stereocenters. The minimum atomic E-state index is -0.879. The Morgan fingerprint density at radius 2 is 1.73 bits per heavy atom. The van der Waals surface area contributed by atoms with Crippen molar-refractivity contribution in [3.63, 3.8) is 0 Å². The third-order valence-corrected chi connectivity index (χ3v) is 8.17. The number of aliphatic hydroxyl groups is 1. The molecule has 232 valence electrons. The summed E-state index contributed by atoms with van der Waals surface area (Å²) in [6.45, 7) is 3.08. The Hall–Kier alpha value is -4.25. The number of carbonyl (C=O) groups is 2. The van der Waals surface area contributed by atoms with Crippen LogP contribution >= 0.6 is 11.3 Å². The summed E-state index contributed by atoms with van der Waals surface area (Å²) in [7, 11) is 7.30. The highest BCUT2D eigenvalue weighted by molar-refractivity contribution is 7.09. The van der Waals surface area contributed by atoms with Crippen LogP contribution in [0.5, 0.6) is 5.75 Å². The third-order valence-electron chi connectivity index (χ3n) is 7.22. The second-order valence-corrected chi connectivity index (χ2v) is 12.0. The van der Waals surface area contributed by atoms with E-state index >= 15 is 0 Å². The van der Waals surface area contributed by atoms with E-state index in [9.17, 15) is 14.7 Å². The molecule has 0 radical (unpaired) electrons. The monoisotopic (exact) mass is 615 g/mol. The Morgan fingerprint density at radius 3 is 2.41 bits per heavy atom. The summed E-state index contributed by atoms with van der Waals surface area (Å²) in [4.78, 5) is 34.6. The van der Waals surface area contributed by atoms with Crippen molar-refractivity contribution in [3.05, 3.63) is 111 Å². The molecule has 0 unspecified atom stereocenters.